The summed E-state index contributed by atoms with van der Waals surface area (Å²) in [6.07, 6.45) is 1.88. The fraction of sp³-hybridized carbons (Fsp3) is 0.111. The van der Waals surface area contributed by atoms with Crippen molar-refractivity contribution in [3.05, 3.63) is 24.3 Å². The van der Waals surface area contributed by atoms with Gasteiger partial charge in [-0.2, -0.15) is 0 Å². The summed E-state index contributed by atoms with van der Waals surface area (Å²) in [6, 6.07) is 6.66. The highest BCUT2D eigenvalue weighted by atomic mass is 32.2. The van der Waals surface area contributed by atoms with Crippen LogP contribution in [-0.2, 0) is 0 Å². The zero-order chi connectivity index (χ0) is 10.8. The number of benzene rings is 1. The standard InChI is InChI=1S/C9H10N4OS/c1-15-9-12-11-8(13(9)10)6-2-4-7(14)5-3-6/h2-5,14H,10H2,1H3. The first-order valence-corrected chi connectivity index (χ1v) is 5.48. The monoisotopic (exact) mass is 222 g/mol. The Hall–Kier alpha value is -1.69. The summed E-state index contributed by atoms with van der Waals surface area (Å²) in [5.74, 6) is 6.59. The Morgan fingerprint density at radius 1 is 1.27 bits per heavy atom. The molecule has 0 fully saturated rings. The molecule has 1 aromatic heterocycles. The Bertz CT molecular complexity index is 465. The molecule has 0 atom stereocenters. The fourth-order valence-corrected chi connectivity index (χ4v) is 1.63. The van der Waals surface area contributed by atoms with E-state index >= 15 is 0 Å². The van der Waals surface area contributed by atoms with E-state index in [-0.39, 0.29) is 5.75 Å². The summed E-state index contributed by atoms with van der Waals surface area (Å²) in [6.45, 7) is 0. The third-order valence-corrected chi connectivity index (χ3v) is 2.62. The second-order valence-electron chi connectivity index (χ2n) is 2.93. The summed E-state index contributed by atoms with van der Waals surface area (Å²) >= 11 is 1.43. The van der Waals surface area contributed by atoms with Gasteiger partial charge in [-0.1, -0.05) is 11.8 Å². The number of nitrogen functional groups attached to an aromatic ring is 1. The van der Waals surface area contributed by atoms with Gasteiger partial charge in [0.15, 0.2) is 5.82 Å². The fourth-order valence-electron chi connectivity index (χ4n) is 1.22. The van der Waals surface area contributed by atoms with E-state index in [2.05, 4.69) is 10.2 Å². The molecule has 0 spiro atoms. The van der Waals surface area contributed by atoms with Crippen molar-refractivity contribution in [2.45, 2.75) is 5.16 Å². The molecule has 6 heteroatoms. The van der Waals surface area contributed by atoms with Crippen molar-refractivity contribution in [3.63, 3.8) is 0 Å². The third-order valence-electron chi connectivity index (χ3n) is 1.97. The highest BCUT2D eigenvalue weighted by Crippen LogP contribution is 2.21. The van der Waals surface area contributed by atoms with Gasteiger partial charge in [-0.15, -0.1) is 10.2 Å². The van der Waals surface area contributed by atoms with Crippen LogP contribution in [0.3, 0.4) is 0 Å². The van der Waals surface area contributed by atoms with E-state index in [0.29, 0.717) is 11.0 Å². The number of thioether (sulfide) groups is 1. The minimum absolute atomic E-state index is 0.215. The zero-order valence-corrected chi connectivity index (χ0v) is 8.90. The van der Waals surface area contributed by atoms with Crippen LogP contribution in [-0.4, -0.2) is 26.2 Å². The first kappa shape index (κ1) is 9.85. The Kier molecular flexibility index (Phi) is 2.51. The topological polar surface area (TPSA) is 77.0 Å². The highest BCUT2D eigenvalue weighted by molar-refractivity contribution is 7.98. The molecular formula is C9H10N4OS. The summed E-state index contributed by atoms with van der Waals surface area (Å²) in [5, 5.41) is 17.7. The van der Waals surface area contributed by atoms with Crippen LogP contribution in [0.25, 0.3) is 11.4 Å². The highest BCUT2D eigenvalue weighted by Gasteiger charge is 2.10. The molecule has 0 aliphatic heterocycles. The zero-order valence-electron chi connectivity index (χ0n) is 8.08. The minimum Gasteiger partial charge on any atom is -0.508 e. The third kappa shape index (κ3) is 1.75. The number of phenolic OH excluding ortho intramolecular Hbond substituents is 1. The lowest BCUT2D eigenvalue weighted by atomic mass is 10.2. The predicted molar refractivity (Wildman–Crippen MR) is 59.1 cm³/mol. The van der Waals surface area contributed by atoms with Crippen molar-refractivity contribution in [1.29, 1.82) is 0 Å². The lowest BCUT2D eigenvalue weighted by Gasteiger charge is -2.01. The molecular weight excluding hydrogens is 212 g/mol. The average molecular weight is 222 g/mol. The number of rotatable bonds is 2. The number of hydrogen-bond acceptors (Lipinski definition) is 5. The molecule has 0 aliphatic carbocycles. The number of nitrogens with two attached hydrogens (primary N) is 1. The Balaban J connectivity index is 2.45. The molecule has 2 aromatic rings. The van der Waals surface area contributed by atoms with Gasteiger partial charge in [-0.05, 0) is 30.5 Å². The molecule has 2 rings (SSSR count). The molecule has 5 nitrogen and oxygen atoms in total. The van der Waals surface area contributed by atoms with Crippen LogP contribution in [0.4, 0.5) is 0 Å². The quantitative estimate of drug-likeness (QED) is 0.587. The second-order valence-corrected chi connectivity index (χ2v) is 3.70. The lowest BCUT2D eigenvalue weighted by molar-refractivity contribution is 0.475. The van der Waals surface area contributed by atoms with Gasteiger partial charge in [0.2, 0.25) is 5.16 Å². The van der Waals surface area contributed by atoms with Gasteiger partial charge in [0.05, 0.1) is 0 Å². The second kappa shape index (κ2) is 3.82. The molecule has 0 saturated heterocycles. The van der Waals surface area contributed by atoms with E-state index in [1.807, 2.05) is 6.26 Å². The maximum atomic E-state index is 9.15. The Labute approximate surface area is 90.9 Å². The van der Waals surface area contributed by atoms with Crippen LogP contribution >= 0.6 is 11.8 Å². The van der Waals surface area contributed by atoms with Crippen molar-refractivity contribution < 1.29 is 5.11 Å². The van der Waals surface area contributed by atoms with Crippen molar-refractivity contribution in [1.82, 2.24) is 14.9 Å². The largest absolute Gasteiger partial charge is 0.508 e. The molecule has 0 radical (unpaired) electrons. The molecule has 0 aliphatic rings. The van der Waals surface area contributed by atoms with Crippen LogP contribution in [0.2, 0.25) is 0 Å². The molecule has 1 heterocycles. The molecule has 78 valence electrons. The lowest BCUT2D eigenvalue weighted by Crippen LogP contribution is -2.11. The molecule has 0 unspecified atom stereocenters. The van der Waals surface area contributed by atoms with Crippen molar-refractivity contribution in [3.8, 4) is 17.1 Å². The SMILES string of the molecule is CSc1nnc(-c2ccc(O)cc2)n1N. The summed E-state index contributed by atoms with van der Waals surface area (Å²) in [4.78, 5) is 0. The number of aromatic hydroxyl groups is 1. The van der Waals surface area contributed by atoms with E-state index in [9.17, 15) is 0 Å². The van der Waals surface area contributed by atoms with Crippen molar-refractivity contribution in [2.24, 2.45) is 0 Å². The van der Waals surface area contributed by atoms with Gasteiger partial charge in [0.1, 0.15) is 5.75 Å². The van der Waals surface area contributed by atoms with Gasteiger partial charge < -0.3 is 10.9 Å². The first-order chi connectivity index (χ1) is 7.22. The molecule has 15 heavy (non-hydrogen) atoms. The summed E-state index contributed by atoms with van der Waals surface area (Å²) in [5.41, 5.74) is 0.822. The normalized spacial score (nSPS) is 10.5. The van der Waals surface area contributed by atoms with Gasteiger partial charge in [0.25, 0.3) is 0 Å². The number of phenols is 1. The Morgan fingerprint density at radius 3 is 2.47 bits per heavy atom. The number of aromatic nitrogens is 3. The molecule has 3 N–H and O–H groups in total. The molecule has 1 aromatic carbocycles. The van der Waals surface area contributed by atoms with Gasteiger partial charge in [0, 0.05) is 5.56 Å². The van der Waals surface area contributed by atoms with Gasteiger partial charge in [-0.25, -0.2) is 4.68 Å². The summed E-state index contributed by atoms with van der Waals surface area (Å²) in [7, 11) is 0. The van der Waals surface area contributed by atoms with E-state index in [1.54, 1.807) is 24.3 Å². The van der Waals surface area contributed by atoms with Crippen LogP contribution < -0.4 is 5.84 Å². The maximum absolute atomic E-state index is 9.15. The van der Waals surface area contributed by atoms with Crippen LogP contribution in [0, 0.1) is 0 Å². The van der Waals surface area contributed by atoms with E-state index in [1.165, 1.54) is 16.4 Å². The van der Waals surface area contributed by atoms with E-state index in [0.717, 1.165) is 5.56 Å². The maximum Gasteiger partial charge on any atom is 0.209 e. The van der Waals surface area contributed by atoms with Crippen LogP contribution in [0.5, 0.6) is 5.75 Å². The van der Waals surface area contributed by atoms with E-state index < -0.39 is 0 Å². The predicted octanol–water partition coefficient (Wildman–Crippen LogP) is 1.09. The molecule has 0 amide bonds. The van der Waals surface area contributed by atoms with Crippen LogP contribution in [0.15, 0.2) is 29.4 Å². The molecule has 0 saturated carbocycles. The average Bonchev–Trinajstić information content (AvgIpc) is 2.61. The Morgan fingerprint density at radius 2 is 1.93 bits per heavy atom. The first-order valence-electron chi connectivity index (χ1n) is 4.26. The van der Waals surface area contributed by atoms with Gasteiger partial charge in [-0.3, -0.25) is 0 Å². The number of hydrogen-bond donors (Lipinski definition) is 2. The number of nitrogens with zero attached hydrogens (tertiary/aromatic N) is 3. The van der Waals surface area contributed by atoms with Crippen LogP contribution in [0.1, 0.15) is 0 Å². The smallest absolute Gasteiger partial charge is 0.209 e. The van der Waals surface area contributed by atoms with Crippen molar-refractivity contribution >= 4 is 11.8 Å². The van der Waals surface area contributed by atoms with Crippen molar-refractivity contribution in [2.75, 3.05) is 12.1 Å². The summed E-state index contributed by atoms with van der Waals surface area (Å²) < 4.78 is 1.43. The molecule has 0 bridgehead atoms. The van der Waals surface area contributed by atoms with Gasteiger partial charge >= 0.3 is 0 Å². The minimum atomic E-state index is 0.215. The van der Waals surface area contributed by atoms with E-state index in [4.69, 9.17) is 10.9 Å².